The van der Waals surface area contributed by atoms with Gasteiger partial charge in [0, 0.05) is 22.4 Å². The molecule has 9 rings (SSSR count). The largest absolute Gasteiger partial charge is 0.459 e. The van der Waals surface area contributed by atoms with Crippen LogP contribution in [0.1, 0.15) is 42.7 Å². The zero-order chi connectivity index (χ0) is 27.3. The maximum atomic E-state index is 6.65. The van der Waals surface area contributed by atoms with Crippen LogP contribution >= 0.6 is 0 Å². The van der Waals surface area contributed by atoms with Gasteiger partial charge >= 0.3 is 0 Å². The van der Waals surface area contributed by atoms with Crippen molar-refractivity contribution in [2.45, 2.75) is 44.2 Å². The second-order valence-electron chi connectivity index (χ2n) is 11.9. The molecule has 3 aliphatic rings. The van der Waals surface area contributed by atoms with Crippen molar-refractivity contribution < 1.29 is 8.83 Å². The number of nitrogens with zero attached hydrogens (tertiary/aromatic N) is 2. The van der Waals surface area contributed by atoms with E-state index in [1.165, 1.54) is 27.9 Å². The van der Waals surface area contributed by atoms with E-state index in [-0.39, 0.29) is 11.6 Å². The van der Waals surface area contributed by atoms with Crippen LogP contribution in [0.15, 0.2) is 124 Å². The molecular formula is C37H30N2O2. The first-order valence-electron chi connectivity index (χ1n) is 14.6. The Morgan fingerprint density at radius 1 is 0.805 bits per heavy atom. The Morgan fingerprint density at radius 3 is 2.24 bits per heavy atom. The number of fused-ring (bicyclic) bond motifs is 5. The van der Waals surface area contributed by atoms with Gasteiger partial charge in [0.2, 0.25) is 0 Å². The van der Waals surface area contributed by atoms with Crippen LogP contribution in [-0.4, -0.2) is 10.6 Å². The Hall–Kier alpha value is -4.70. The summed E-state index contributed by atoms with van der Waals surface area (Å²) in [5.74, 6) is 2.28. The number of hydrogen-bond acceptors (Lipinski definition) is 3. The molecule has 41 heavy (non-hydrogen) atoms. The van der Waals surface area contributed by atoms with Gasteiger partial charge in [0.15, 0.2) is 5.76 Å². The molecule has 2 aliphatic carbocycles. The molecule has 0 amide bonds. The lowest BCUT2D eigenvalue weighted by atomic mass is 9.99. The van der Waals surface area contributed by atoms with E-state index < -0.39 is 0 Å². The van der Waals surface area contributed by atoms with Gasteiger partial charge in [-0.15, -0.1) is 0 Å². The molecule has 0 bridgehead atoms. The predicted molar refractivity (Wildman–Crippen MR) is 165 cm³/mol. The summed E-state index contributed by atoms with van der Waals surface area (Å²) in [5, 5.41) is 2.29. The Morgan fingerprint density at radius 2 is 1.54 bits per heavy atom. The maximum Gasteiger partial charge on any atom is 0.152 e. The Labute approximate surface area is 238 Å². The Bertz CT molecular complexity index is 1980. The van der Waals surface area contributed by atoms with Gasteiger partial charge in [-0.1, -0.05) is 77.9 Å². The highest BCUT2D eigenvalue weighted by atomic mass is 16.3. The number of furan rings is 2. The van der Waals surface area contributed by atoms with Crippen LogP contribution in [0.2, 0.25) is 0 Å². The predicted octanol–water partition coefficient (Wildman–Crippen LogP) is 9.42. The van der Waals surface area contributed by atoms with E-state index in [1.54, 1.807) is 0 Å². The summed E-state index contributed by atoms with van der Waals surface area (Å²) in [6.07, 6.45) is 9.03. The molecule has 1 fully saturated rings. The van der Waals surface area contributed by atoms with Crippen LogP contribution in [0.25, 0.3) is 39.1 Å². The number of aryl methyl sites for hydroxylation is 1. The van der Waals surface area contributed by atoms with Crippen LogP contribution in [0, 0.1) is 6.92 Å². The minimum absolute atomic E-state index is 0.198. The molecule has 3 aromatic carbocycles. The average Bonchev–Trinajstić information content (AvgIpc) is 3.37. The van der Waals surface area contributed by atoms with E-state index in [0.29, 0.717) is 5.92 Å². The lowest BCUT2D eigenvalue weighted by Crippen LogP contribution is -2.41. The number of hydrogen-bond donors (Lipinski definition) is 0. The number of allylic oxidation sites excluding steroid dienone is 2. The number of para-hydroxylation sites is 2. The number of benzene rings is 3. The van der Waals surface area contributed by atoms with E-state index in [9.17, 15) is 0 Å². The maximum absolute atomic E-state index is 6.65. The average molecular weight is 535 g/mol. The molecule has 3 atom stereocenters. The highest BCUT2D eigenvalue weighted by Crippen LogP contribution is 2.72. The summed E-state index contributed by atoms with van der Waals surface area (Å²) in [5.41, 5.74) is 9.13. The lowest BCUT2D eigenvalue weighted by molar-refractivity contribution is 0.443. The third-order valence-corrected chi connectivity index (χ3v) is 9.39. The topological polar surface area (TPSA) is 34.5 Å². The smallest absolute Gasteiger partial charge is 0.152 e. The van der Waals surface area contributed by atoms with Gasteiger partial charge < -0.3 is 18.3 Å². The van der Waals surface area contributed by atoms with Crippen molar-refractivity contribution in [2.24, 2.45) is 0 Å². The summed E-state index contributed by atoms with van der Waals surface area (Å²) in [6.45, 7) is 4.33. The molecule has 0 saturated heterocycles. The van der Waals surface area contributed by atoms with Gasteiger partial charge in [-0.05, 0) is 69.2 Å². The normalized spacial score (nSPS) is 22.8. The summed E-state index contributed by atoms with van der Waals surface area (Å²) >= 11 is 0. The molecule has 0 radical (unpaired) electrons. The van der Waals surface area contributed by atoms with Crippen molar-refractivity contribution in [3.05, 3.63) is 132 Å². The molecule has 1 saturated carbocycles. The van der Waals surface area contributed by atoms with Crippen molar-refractivity contribution in [3.8, 4) is 17.1 Å². The summed E-state index contributed by atoms with van der Waals surface area (Å²) in [6, 6.07) is 32.6. The lowest BCUT2D eigenvalue weighted by Gasteiger charge is -2.36. The Kier molecular flexibility index (Phi) is 4.59. The second-order valence-corrected chi connectivity index (χ2v) is 11.9. The van der Waals surface area contributed by atoms with Crippen molar-refractivity contribution in [1.29, 1.82) is 0 Å². The molecule has 4 heteroatoms. The molecular weight excluding hydrogens is 504 g/mol. The third-order valence-electron chi connectivity index (χ3n) is 9.39. The van der Waals surface area contributed by atoms with E-state index >= 15 is 0 Å². The van der Waals surface area contributed by atoms with Crippen molar-refractivity contribution in [3.63, 3.8) is 0 Å². The highest BCUT2D eigenvalue weighted by molar-refractivity contribution is 5.86. The fourth-order valence-electron chi connectivity index (χ4n) is 7.33. The number of anilines is 1. The first kappa shape index (κ1) is 23.0. The van der Waals surface area contributed by atoms with Gasteiger partial charge in [-0.3, -0.25) is 0 Å². The number of aromatic nitrogens is 1. The SMILES string of the molecule is CC1=CCC(N2c3cc(-c4cc5ccccc5o4)n(-c4ccc(C)cc4)c3C3C[C@@]32c2cc3ccccc3o2)C=C1. The molecule has 1 aliphatic heterocycles. The van der Waals surface area contributed by atoms with E-state index in [0.717, 1.165) is 52.3 Å². The van der Waals surface area contributed by atoms with E-state index in [2.05, 4.69) is 120 Å². The Balaban J connectivity index is 1.29. The fraction of sp³-hybridized carbons (Fsp3) is 0.189. The summed E-state index contributed by atoms with van der Waals surface area (Å²) in [7, 11) is 0. The monoisotopic (exact) mass is 534 g/mol. The quantitative estimate of drug-likeness (QED) is 0.226. The zero-order valence-corrected chi connectivity index (χ0v) is 23.2. The summed E-state index contributed by atoms with van der Waals surface area (Å²) in [4.78, 5) is 2.67. The minimum atomic E-state index is -0.198. The van der Waals surface area contributed by atoms with Crippen molar-refractivity contribution in [2.75, 3.05) is 4.90 Å². The van der Waals surface area contributed by atoms with Crippen molar-refractivity contribution >= 4 is 27.6 Å². The highest BCUT2D eigenvalue weighted by Gasteiger charge is 2.70. The van der Waals surface area contributed by atoms with Gasteiger partial charge in [0.25, 0.3) is 0 Å². The third kappa shape index (κ3) is 3.22. The van der Waals surface area contributed by atoms with Gasteiger partial charge in [0.1, 0.15) is 22.5 Å². The fourth-order valence-corrected chi connectivity index (χ4v) is 7.33. The zero-order valence-electron chi connectivity index (χ0n) is 23.2. The second kappa shape index (κ2) is 8.17. The minimum Gasteiger partial charge on any atom is -0.459 e. The van der Waals surface area contributed by atoms with Crippen LogP contribution in [0.5, 0.6) is 0 Å². The van der Waals surface area contributed by atoms with E-state index in [1.807, 2.05) is 12.1 Å². The molecule has 0 spiro atoms. The molecule has 4 nitrogen and oxygen atoms in total. The number of rotatable bonds is 4. The molecule has 200 valence electrons. The molecule has 0 N–H and O–H groups in total. The van der Waals surface area contributed by atoms with Crippen LogP contribution in [-0.2, 0) is 5.54 Å². The summed E-state index contributed by atoms with van der Waals surface area (Å²) < 4.78 is 15.6. The van der Waals surface area contributed by atoms with Gasteiger partial charge in [-0.2, -0.15) is 0 Å². The van der Waals surface area contributed by atoms with Crippen LogP contribution in [0.4, 0.5) is 5.69 Å². The van der Waals surface area contributed by atoms with Gasteiger partial charge in [0.05, 0.1) is 23.1 Å². The van der Waals surface area contributed by atoms with Crippen LogP contribution < -0.4 is 4.90 Å². The first-order valence-corrected chi connectivity index (χ1v) is 14.6. The van der Waals surface area contributed by atoms with Gasteiger partial charge in [-0.25, -0.2) is 0 Å². The molecule has 3 aromatic heterocycles. The van der Waals surface area contributed by atoms with E-state index in [4.69, 9.17) is 8.83 Å². The van der Waals surface area contributed by atoms with Crippen LogP contribution in [0.3, 0.4) is 0 Å². The standard InChI is InChI=1S/C37H30N2O2/c1-23-11-15-27(16-12-23)38-30(34-19-25-7-3-5-9-32(25)40-34)21-31-36(38)29-22-37(29,39(31)28-17-13-24(2)14-18-28)35-20-26-8-4-6-10-33(26)41-35/h3-17,19-21,28-29H,18,22H2,1-2H3/t28?,29?,37-/m0/s1. The molecule has 4 heterocycles. The molecule has 6 aromatic rings. The van der Waals surface area contributed by atoms with Crippen molar-refractivity contribution in [1.82, 2.24) is 4.57 Å². The molecule has 2 unspecified atom stereocenters. The first-order chi connectivity index (χ1) is 20.1.